The molecule has 6 nitrogen and oxygen atoms in total. The summed E-state index contributed by atoms with van der Waals surface area (Å²) in [7, 11) is 0. The summed E-state index contributed by atoms with van der Waals surface area (Å²) in [6.45, 7) is 6.26. The second-order valence-electron chi connectivity index (χ2n) is 4.19. The van der Waals surface area contributed by atoms with Gasteiger partial charge in [-0.15, -0.1) is 0 Å². The van der Waals surface area contributed by atoms with E-state index in [1.54, 1.807) is 0 Å². The van der Waals surface area contributed by atoms with Crippen LogP contribution in [0.3, 0.4) is 0 Å². The van der Waals surface area contributed by atoms with E-state index in [0.717, 1.165) is 45.6 Å². The summed E-state index contributed by atoms with van der Waals surface area (Å²) < 4.78 is 0. The van der Waals surface area contributed by atoms with Crippen LogP contribution in [0.25, 0.3) is 0 Å². The number of hydrogen-bond acceptors (Lipinski definition) is 6. The molecule has 17 heavy (non-hydrogen) atoms. The van der Waals surface area contributed by atoms with E-state index in [-0.39, 0.29) is 0 Å². The maximum Gasteiger partial charge on any atom is 0.0222 e. The van der Waals surface area contributed by atoms with Crippen molar-refractivity contribution in [3.63, 3.8) is 0 Å². The summed E-state index contributed by atoms with van der Waals surface area (Å²) in [6.07, 6.45) is 2.11. The second-order valence-corrected chi connectivity index (χ2v) is 4.19. The van der Waals surface area contributed by atoms with Crippen molar-refractivity contribution >= 4 is 0 Å². The molecule has 0 bridgehead atoms. The molecule has 0 rings (SSSR count). The zero-order valence-corrected chi connectivity index (χ0v) is 10.9. The van der Waals surface area contributed by atoms with Gasteiger partial charge < -0.3 is 28.3 Å². The minimum atomic E-state index is 0.456. The molecule has 1 atom stereocenters. The van der Waals surface area contributed by atoms with Gasteiger partial charge in [-0.2, -0.15) is 0 Å². The van der Waals surface area contributed by atoms with Crippen LogP contribution in [-0.4, -0.2) is 63.3 Å². The third-order valence-corrected chi connectivity index (χ3v) is 2.79. The molecule has 0 unspecified atom stereocenters. The molecule has 0 aromatic rings. The van der Waals surface area contributed by atoms with E-state index in [2.05, 4.69) is 10.2 Å². The monoisotopic (exact) mass is 246 g/mol. The van der Waals surface area contributed by atoms with Gasteiger partial charge in [0.05, 0.1) is 0 Å². The first kappa shape index (κ1) is 16.8. The molecule has 0 amide bonds. The first-order valence-corrected chi connectivity index (χ1v) is 6.55. The van der Waals surface area contributed by atoms with Crippen molar-refractivity contribution in [2.24, 2.45) is 22.9 Å². The predicted molar refractivity (Wildman–Crippen MR) is 73.7 cm³/mol. The molecular formula is C11H30N6. The van der Waals surface area contributed by atoms with Crippen LogP contribution in [0.4, 0.5) is 0 Å². The summed E-state index contributed by atoms with van der Waals surface area (Å²) in [6, 6.07) is 0.456. The van der Waals surface area contributed by atoms with Crippen molar-refractivity contribution in [1.82, 2.24) is 10.2 Å². The van der Waals surface area contributed by atoms with Gasteiger partial charge in [-0.3, -0.25) is 4.90 Å². The molecule has 9 N–H and O–H groups in total. The Bertz CT molecular complexity index is 149. The molecule has 0 aromatic heterocycles. The third-order valence-electron chi connectivity index (χ3n) is 2.79. The highest BCUT2D eigenvalue weighted by atomic mass is 15.2. The lowest BCUT2D eigenvalue weighted by Gasteiger charge is -2.31. The zero-order valence-electron chi connectivity index (χ0n) is 10.9. The van der Waals surface area contributed by atoms with Gasteiger partial charge in [0, 0.05) is 51.9 Å². The molecule has 6 heteroatoms. The molecule has 0 fully saturated rings. The van der Waals surface area contributed by atoms with E-state index in [1.807, 2.05) is 0 Å². The standard InChI is InChI=1S/C11H30N6/c12-3-1-2-11(10-16-7-4-13)17(8-5-14)9-6-15/h11,16H,1-10,12-15H2/t11-/m0/s1. The molecule has 0 aromatic carbocycles. The van der Waals surface area contributed by atoms with Gasteiger partial charge in [-0.1, -0.05) is 0 Å². The van der Waals surface area contributed by atoms with Crippen molar-refractivity contribution in [3.05, 3.63) is 0 Å². The fraction of sp³-hybridized carbons (Fsp3) is 1.00. The lowest BCUT2D eigenvalue weighted by molar-refractivity contribution is 0.190. The Hall–Kier alpha value is -0.240. The summed E-state index contributed by atoms with van der Waals surface area (Å²) in [4.78, 5) is 2.35. The number of nitrogens with two attached hydrogens (primary N) is 4. The number of nitrogens with one attached hydrogen (secondary N) is 1. The molecule has 0 saturated heterocycles. The van der Waals surface area contributed by atoms with Crippen molar-refractivity contribution in [3.8, 4) is 0 Å². The second kappa shape index (κ2) is 12.2. The molecule has 104 valence electrons. The van der Waals surface area contributed by atoms with Crippen LogP contribution >= 0.6 is 0 Å². The first-order valence-electron chi connectivity index (χ1n) is 6.55. The SMILES string of the molecule is NCCC[C@@H](CNCCN)N(CCN)CCN. The lowest BCUT2D eigenvalue weighted by Crippen LogP contribution is -2.47. The Kier molecular flexibility index (Phi) is 12.1. The predicted octanol–water partition coefficient (Wildman–Crippen LogP) is -2.14. The third kappa shape index (κ3) is 8.48. The molecule has 0 heterocycles. The van der Waals surface area contributed by atoms with Gasteiger partial charge >= 0.3 is 0 Å². The maximum atomic E-state index is 5.63. The highest BCUT2D eigenvalue weighted by molar-refractivity contribution is 4.75. The molecule has 0 aliphatic heterocycles. The minimum absolute atomic E-state index is 0.456. The largest absolute Gasteiger partial charge is 0.330 e. The number of hydrogen-bond donors (Lipinski definition) is 5. The van der Waals surface area contributed by atoms with Gasteiger partial charge in [0.25, 0.3) is 0 Å². The van der Waals surface area contributed by atoms with Crippen LogP contribution in [0.1, 0.15) is 12.8 Å². The van der Waals surface area contributed by atoms with Crippen LogP contribution in [-0.2, 0) is 0 Å². The summed E-state index contributed by atoms with van der Waals surface area (Å²) >= 11 is 0. The smallest absolute Gasteiger partial charge is 0.0222 e. The Labute approximate surface area is 105 Å². The highest BCUT2D eigenvalue weighted by Gasteiger charge is 2.16. The molecule has 0 saturated carbocycles. The van der Waals surface area contributed by atoms with Crippen molar-refractivity contribution < 1.29 is 0 Å². The molecule has 0 spiro atoms. The van der Waals surface area contributed by atoms with E-state index in [0.29, 0.717) is 25.7 Å². The van der Waals surface area contributed by atoms with E-state index >= 15 is 0 Å². The molecular weight excluding hydrogens is 216 g/mol. The highest BCUT2D eigenvalue weighted by Crippen LogP contribution is 2.05. The fourth-order valence-corrected chi connectivity index (χ4v) is 1.95. The van der Waals surface area contributed by atoms with E-state index < -0.39 is 0 Å². The number of rotatable bonds is 12. The maximum absolute atomic E-state index is 5.63. The van der Waals surface area contributed by atoms with Crippen LogP contribution in [0.2, 0.25) is 0 Å². The quantitative estimate of drug-likeness (QED) is 0.251. The average molecular weight is 246 g/mol. The summed E-state index contributed by atoms with van der Waals surface area (Å²) in [5.41, 5.74) is 22.3. The van der Waals surface area contributed by atoms with Crippen molar-refractivity contribution in [2.75, 3.05) is 52.4 Å². The molecule has 0 aliphatic carbocycles. The zero-order chi connectivity index (χ0) is 12.9. The topological polar surface area (TPSA) is 119 Å². The van der Waals surface area contributed by atoms with Gasteiger partial charge in [0.1, 0.15) is 0 Å². The van der Waals surface area contributed by atoms with Crippen LogP contribution in [0.5, 0.6) is 0 Å². The van der Waals surface area contributed by atoms with Crippen LogP contribution < -0.4 is 28.3 Å². The molecule has 0 aliphatic rings. The van der Waals surface area contributed by atoms with E-state index in [1.165, 1.54) is 0 Å². The number of nitrogens with zero attached hydrogens (tertiary/aromatic N) is 1. The van der Waals surface area contributed by atoms with Gasteiger partial charge in [0.2, 0.25) is 0 Å². The Morgan fingerprint density at radius 2 is 1.53 bits per heavy atom. The van der Waals surface area contributed by atoms with Gasteiger partial charge in [0.15, 0.2) is 0 Å². The Morgan fingerprint density at radius 3 is 2.00 bits per heavy atom. The summed E-state index contributed by atoms with van der Waals surface area (Å²) in [5, 5.41) is 3.35. The normalized spacial score (nSPS) is 13.2. The summed E-state index contributed by atoms with van der Waals surface area (Å²) in [5.74, 6) is 0. The first-order chi connectivity index (χ1) is 8.29. The average Bonchev–Trinajstić information content (AvgIpc) is 2.33. The Morgan fingerprint density at radius 1 is 0.882 bits per heavy atom. The Balaban J connectivity index is 4.15. The van der Waals surface area contributed by atoms with E-state index in [9.17, 15) is 0 Å². The fourth-order valence-electron chi connectivity index (χ4n) is 1.95. The van der Waals surface area contributed by atoms with Crippen LogP contribution in [0.15, 0.2) is 0 Å². The van der Waals surface area contributed by atoms with Crippen LogP contribution in [0, 0.1) is 0 Å². The lowest BCUT2D eigenvalue weighted by atomic mass is 10.1. The van der Waals surface area contributed by atoms with E-state index in [4.69, 9.17) is 22.9 Å². The van der Waals surface area contributed by atoms with Crippen molar-refractivity contribution in [2.45, 2.75) is 18.9 Å². The van der Waals surface area contributed by atoms with Gasteiger partial charge in [-0.05, 0) is 19.4 Å². The molecule has 0 radical (unpaired) electrons. The van der Waals surface area contributed by atoms with Crippen molar-refractivity contribution in [1.29, 1.82) is 0 Å². The van der Waals surface area contributed by atoms with Gasteiger partial charge in [-0.25, -0.2) is 0 Å². The minimum Gasteiger partial charge on any atom is -0.330 e.